The second-order valence-corrected chi connectivity index (χ2v) is 4.57. The molecule has 0 bridgehead atoms. The average Bonchev–Trinajstić information content (AvgIpc) is 2.49. The Kier molecular flexibility index (Phi) is 4.66. The number of carbonyl (C=O) groups excluding carboxylic acids is 1. The van der Waals surface area contributed by atoms with Gasteiger partial charge in [0.2, 0.25) is 5.91 Å². The summed E-state index contributed by atoms with van der Waals surface area (Å²) in [6.45, 7) is 2.50. The zero-order valence-electron chi connectivity index (χ0n) is 11.7. The van der Waals surface area contributed by atoms with E-state index in [1.165, 1.54) is 12.1 Å². The standard InChI is InChI=1S/C16H16N2O3/c1-2-17(14-6-4-3-5-7-14)16(19)12-13-8-10-15(11-9-13)18(20)21/h3-11H,2,12H2,1H3. The van der Waals surface area contributed by atoms with Crippen LogP contribution in [0.5, 0.6) is 0 Å². The molecule has 5 heteroatoms. The van der Waals surface area contributed by atoms with Gasteiger partial charge in [-0.15, -0.1) is 0 Å². The number of amides is 1. The summed E-state index contributed by atoms with van der Waals surface area (Å²) in [4.78, 5) is 24.2. The Balaban J connectivity index is 2.11. The topological polar surface area (TPSA) is 63.5 Å². The lowest BCUT2D eigenvalue weighted by Crippen LogP contribution is -2.31. The van der Waals surface area contributed by atoms with Gasteiger partial charge in [0, 0.05) is 24.4 Å². The zero-order chi connectivity index (χ0) is 15.2. The molecule has 0 aliphatic heterocycles. The number of likely N-dealkylation sites (N-methyl/N-ethyl adjacent to an activating group) is 1. The quantitative estimate of drug-likeness (QED) is 0.625. The Labute approximate surface area is 123 Å². The van der Waals surface area contributed by atoms with Gasteiger partial charge in [0.25, 0.3) is 5.69 Å². The average molecular weight is 284 g/mol. The van der Waals surface area contributed by atoms with Crippen LogP contribution in [0.1, 0.15) is 12.5 Å². The van der Waals surface area contributed by atoms with E-state index in [1.54, 1.807) is 17.0 Å². The van der Waals surface area contributed by atoms with Gasteiger partial charge in [-0.3, -0.25) is 14.9 Å². The van der Waals surface area contributed by atoms with Gasteiger partial charge in [-0.25, -0.2) is 0 Å². The summed E-state index contributed by atoms with van der Waals surface area (Å²) in [5.74, 6) is -0.0300. The molecule has 5 nitrogen and oxygen atoms in total. The van der Waals surface area contributed by atoms with Gasteiger partial charge < -0.3 is 4.90 Å². The molecule has 0 aliphatic rings. The number of nitro groups is 1. The maximum atomic E-state index is 12.4. The maximum absolute atomic E-state index is 12.4. The number of hydrogen-bond donors (Lipinski definition) is 0. The molecule has 2 rings (SSSR count). The molecule has 108 valence electrons. The molecule has 2 aromatic rings. The minimum atomic E-state index is -0.450. The molecule has 1 amide bonds. The lowest BCUT2D eigenvalue weighted by Gasteiger charge is -2.21. The Hall–Kier alpha value is -2.69. The van der Waals surface area contributed by atoms with E-state index in [9.17, 15) is 14.9 Å². The highest BCUT2D eigenvalue weighted by Crippen LogP contribution is 2.16. The van der Waals surface area contributed by atoms with Gasteiger partial charge in [0.15, 0.2) is 0 Å². The highest BCUT2D eigenvalue weighted by molar-refractivity contribution is 5.94. The fourth-order valence-electron chi connectivity index (χ4n) is 2.12. The SMILES string of the molecule is CCN(C(=O)Cc1ccc([N+](=O)[O-])cc1)c1ccccc1. The lowest BCUT2D eigenvalue weighted by atomic mass is 10.1. The monoisotopic (exact) mass is 284 g/mol. The van der Waals surface area contributed by atoms with Crippen LogP contribution in [0.25, 0.3) is 0 Å². The second-order valence-electron chi connectivity index (χ2n) is 4.57. The summed E-state index contributed by atoms with van der Waals surface area (Å²) in [6, 6.07) is 15.5. The van der Waals surface area contributed by atoms with E-state index in [-0.39, 0.29) is 18.0 Å². The number of anilines is 1. The first kappa shape index (κ1) is 14.7. The summed E-state index contributed by atoms with van der Waals surface area (Å²) in [6.07, 6.45) is 0.223. The second kappa shape index (κ2) is 6.65. The third kappa shape index (κ3) is 3.66. The van der Waals surface area contributed by atoms with Gasteiger partial charge in [0.05, 0.1) is 11.3 Å². The molecule has 0 saturated heterocycles. The van der Waals surface area contributed by atoms with Crippen LogP contribution >= 0.6 is 0 Å². The number of rotatable bonds is 5. The fourth-order valence-corrected chi connectivity index (χ4v) is 2.12. The summed E-state index contributed by atoms with van der Waals surface area (Å²) >= 11 is 0. The molecule has 0 aromatic heterocycles. The molecular formula is C16H16N2O3. The van der Waals surface area contributed by atoms with Crippen LogP contribution in [-0.2, 0) is 11.2 Å². The molecule has 0 unspecified atom stereocenters. The van der Waals surface area contributed by atoms with E-state index in [0.717, 1.165) is 11.3 Å². The van der Waals surface area contributed by atoms with E-state index < -0.39 is 4.92 Å². The first-order valence-corrected chi connectivity index (χ1v) is 6.70. The van der Waals surface area contributed by atoms with Crippen molar-refractivity contribution in [1.29, 1.82) is 0 Å². The largest absolute Gasteiger partial charge is 0.312 e. The van der Waals surface area contributed by atoms with E-state index in [0.29, 0.717) is 6.54 Å². The van der Waals surface area contributed by atoms with Crippen LogP contribution < -0.4 is 4.90 Å². The number of hydrogen-bond acceptors (Lipinski definition) is 3. The van der Waals surface area contributed by atoms with Gasteiger partial charge in [-0.2, -0.15) is 0 Å². The van der Waals surface area contributed by atoms with Crippen LogP contribution in [0.3, 0.4) is 0 Å². The molecule has 0 heterocycles. The normalized spacial score (nSPS) is 10.1. The molecule has 0 atom stereocenters. The van der Waals surface area contributed by atoms with Crippen molar-refractivity contribution in [3.05, 3.63) is 70.3 Å². The summed E-state index contributed by atoms with van der Waals surface area (Å²) in [7, 11) is 0. The van der Waals surface area contributed by atoms with Crippen LogP contribution in [0.4, 0.5) is 11.4 Å². The van der Waals surface area contributed by atoms with Gasteiger partial charge in [-0.1, -0.05) is 30.3 Å². The third-order valence-electron chi connectivity index (χ3n) is 3.19. The van der Waals surface area contributed by atoms with Crippen LogP contribution in [-0.4, -0.2) is 17.4 Å². The van der Waals surface area contributed by atoms with Crippen molar-refractivity contribution < 1.29 is 9.72 Å². The van der Waals surface area contributed by atoms with Crippen molar-refractivity contribution in [2.24, 2.45) is 0 Å². The number of benzene rings is 2. The molecule has 0 radical (unpaired) electrons. The van der Waals surface area contributed by atoms with E-state index >= 15 is 0 Å². The number of nitrogens with zero attached hydrogens (tertiary/aromatic N) is 2. The van der Waals surface area contributed by atoms with Gasteiger partial charge in [-0.05, 0) is 24.6 Å². The van der Waals surface area contributed by atoms with Crippen molar-refractivity contribution in [3.8, 4) is 0 Å². The Morgan fingerprint density at radius 2 is 1.71 bits per heavy atom. The van der Waals surface area contributed by atoms with Gasteiger partial charge >= 0.3 is 0 Å². The molecular weight excluding hydrogens is 268 g/mol. The fraction of sp³-hybridized carbons (Fsp3) is 0.188. The first-order valence-electron chi connectivity index (χ1n) is 6.70. The summed E-state index contributed by atoms with van der Waals surface area (Å²) in [5.41, 5.74) is 1.65. The molecule has 2 aromatic carbocycles. The van der Waals surface area contributed by atoms with E-state index in [4.69, 9.17) is 0 Å². The Morgan fingerprint density at radius 1 is 1.10 bits per heavy atom. The van der Waals surface area contributed by atoms with Crippen molar-refractivity contribution in [2.45, 2.75) is 13.3 Å². The van der Waals surface area contributed by atoms with Crippen LogP contribution in [0.2, 0.25) is 0 Å². The highest BCUT2D eigenvalue weighted by atomic mass is 16.6. The minimum Gasteiger partial charge on any atom is -0.312 e. The van der Waals surface area contributed by atoms with Crippen LogP contribution in [0, 0.1) is 10.1 Å². The molecule has 0 spiro atoms. The molecule has 0 saturated carbocycles. The Bertz CT molecular complexity index is 624. The third-order valence-corrected chi connectivity index (χ3v) is 3.19. The number of para-hydroxylation sites is 1. The van der Waals surface area contributed by atoms with Crippen molar-refractivity contribution in [2.75, 3.05) is 11.4 Å². The minimum absolute atomic E-state index is 0.0293. The summed E-state index contributed by atoms with van der Waals surface area (Å²) in [5, 5.41) is 10.6. The molecule has 21 heavy (non-hydrogen) atoms. The highest BCUT2D eigenvalue weighted by Gasteiger charge is 2.14. The number of non-ortho nitro benzene ring substituents is 1. The van der Waals surface area contributed by atoms with E-state index in [2.05, 4.69) is 0 Å². The van der Waals surface area contributed by atoms with Crippen molar-refractivity contribution >= 4 is 17.3 Å². The predicted octanol–water partition coefficient (Wildman–Crippen LogP) is 3.19. The molecule has 0 N–H and O–H groups in total. The smallest absolute Gasteiger partial charge is 0.269 e. The van der Waals surface area contributed by atoms with Crippen molar-refractivity contribution in [1.82, 2.24) is 0 Å². The van der Waals surface area contributed by atoms with Crippen molar-refractivity contribution in [3.63, 3.8) is 0 Å². The zero-order valence-corrected chi connectivity index (χ0v) is 11.7. The van der Waals surface area contributed by atoms with Gasteiger partial charge in [0.1, 0.15) is 0 Å². The number of nitro benzene ring substituents is 1. The predicted molar refractivity (Wildman–Crippen MR) is 81.3 cm³/mol. The maximum Gasteiger partial charge on any atom is 0.269 e. The molecule has 0 fully saturated rings. The lowest BCUT2D eigenvalue weighted by molar-refractivity contribution is -0.384. The van der Waals surface area contributed by atoms with Crippen LogP contribution in [0.15, 0.2) is 54.6 Å². The molecule has 0 aliphatic carbocycles. The Morgan fingerprint density at radius 3 is 2.24 bits per heavy atom. The first-order chi connectivity index (χ1) is 10.1. The summed E-state index contributed by atoms with van der Waals surface area (Å²) < 4.78 is 0. The number of carbonyl (C=O) groups is 1. The van der Waals surface area contributed by atoms with E-state index in [1.807, 2.05) is 37.3 Å².